The van der Waals surface area contributed by atoms with E-state index in [9.17, 15) is 13.5 Å². The van der Waals surface area contributed by atoms with Gasteiger partial charge in [-0.2, -0.15) is 11.3 Å². The predicted octanol–water partition coefficient (Wildman–Crippen LogP) is 2.52. The summed E-state index contributed by atoms with van der Waals surface area (Å²) in [5.41, 5.74) is 1.58. The third-order valence-corrected chi connectivity index (χ3v) is 7.32. The van der Waals surface area contributed by atoms with Gasteiger partial charge in [-0.05, 0) is 54.3 Å². The fraction of sp³-hybridized carbons (Fsp3) is 0.450. The lowest BCUT2D eigenvalue weighted by Crippen LogP contribution is -2.42. The third-order valence-electron chi connectivity index (χ3n) is 4.87. The molecule has 0 amide bonds. The van der Waals surface area contributed by atoms with Crippen LogP contribution in [0.15, 0.2) is 46.1 Å². The molecule has 0 bridgehead atoms. The van der Waals surface area contributed by atoms with Crippen molar-refractivity contribution in [3.05, 3.63) is 52.2 Å². The molecule has 0 fully saturated rings. The first-order chi connectivity index (χ1) is 13.8. The number of hydrogen-bond acceptors (Lipinski definition) is 5. The van der Waals surface area contributed by atoms with Gasteiger partial charge in [0, 0.05) is 19.6 Å². The highest BCUT2D eigenvalue weighted by Crippen LogP contribution is 2.29. The summed E-state index contributed by atoms with van der Waals surface area (Å²) in [5.74, 6) is 0.451. The molecule has 166 valence electrons. The van der Waals surface area contributed by atoms with E-state index < -0.39 is 15.6 Å². The minimum Gasteiger partial charge on any atom is -0.383 e. The Morgan fingerprint density at radius 1 is 1.30 bits per heavy atom. The van der Waals surface area contributed by atoms with E-state index >= 15 is 0 Å². The molecule has 3 N–H and O–H groups in total. The zero-order chi connectivity index (χ0) is 20.9. The molecule has 0 spiro atoms. The molecular formula is C20H29IN4O3S2. The molecule has 0 saturated heterocycles. The molecule has 3 rings (SSSR count). The maximum absolute atomic E-state index is 12.8. The van der Waals surface area contributed by atoms with Crippen molar-refractivity contribution in [2.45, 2.75) is 25.9 Å². The van der Waals surface area contributed by atoms with Crippen molar-refractivity contribution in [3.63, 3.8) is 0 Å². The lowest BCUT2D eigenvalue weighted by atomic mass is 10.00. The molecule has 0 saturated carbocycles. The fourth-order valence-corrected chi connectivity index (χ4v) is 5.45. The highest BCUT2D eigenvalue weighted by Gasteiger charge is 2.28. The van der Waals surface area contributed by atoms with Gasteiger partial charge in [-0.1, -0.05) is 18.2 Å². The molecule has 2 heterocycles. The number of thiophene rings is 1. The summed E-state index contributed by atoms with van der Waals surface area (Å²) in [7, 11) is -3.42. The van der Waals surface area contributed by atoms with Crippen LogP contribution < -0.4 is 14.9 Å². The summed E-state index contributed by atoms with van der Waals surface area (Å²) in [6.07, 6.45) is 0.741. The van der Waals surface area contributed by atoms with Gasteiger partial charge >= 0.3 is 0 Å². The summed E-state index contributed by atoms with van der Waals surface area (Å²) in [6.45, 7) is 5.18. The molecule has 1 aromatic heterocycles. The maximum Gasteiger partial charge on any atom is 0.236 e. The van der Waals surface area contributed by atoms with Gasteiger partial charge in [0.25, 0.3) is 0 Å². The number of nitrogens with zero attached hydrogens (tertiary/aromatic N) is 2. The molecule has 1 unspecified atom stereocenters. The van der Waals surface area contributed by atoms with Crippen LogP contribution in [0.3, 0.4) is 0 Å². The second kappa shape index (κ2) is 10.8. The minimum absolute atomic E-state index is 0. The molecule has 30 heavy (non-hydrogen) atoms. The molecule has 2 aromatic rings. The standard InChI is InChI=1S/C20H28N4O3S2.HI/c1-3-21-19(23-15-20(2,25)17-9-12-28-14-17)22-10-13-29(26,27)24-11-8-16-6-4-5-7-18(16)24;/h4-7,9,12,14,25H,3,8,10-11,13,15H2,1-2H3,(H2,21,22,23);1H. The predicted molar refractivity (Wildman–Crippen MR) is 135 cm³/mol. The van der Waals surface area contributed by atoms with Crippen molar-refractivity contribution >= 4 is 57.0 Å². The van der Waals surface area contributed by atoms with Gasteiger partial charge in [0.1, 0.15) is 5.60 Å². The largest absolute Gasteiger partial charge is 0.383 e. The first-order valence-corrected chi connectivity index (χ1v) is 12.2. The zero-order valence-electron chi connectivity index (χ0n) is 17.2. The number of fused-ring (bicyclic) bond motifs is 1. The SMILES string of the molecule is CCNC(=NCC(C)(O)c1ccsc1)NCCS(=O)(=O)N1CCc2ccccc21.I. The summed E-state index contributed by atoms with van der Waals surface area (Å²) in [6, 6.07) is 9.49. The molecule has 1 aliphatic rings. The number of nitrogens with one attached hydrogen (secondary N) is 2. The highest BCUT2D eigenvalue weighted by molar-refractivity contribution is 14.0. The van der Waals surface area contributed by atoms with E-state index in [1.807, 2.05) is 48.0 Å². The van der Waals surface area contributed by atoms with E-state index in [0.717, 1.165) is 23.2 Å². The Balaban J connectivity index is 0.00000320. The number of anilines is 1. The lowest BCUT2D eigenvalue weighted by Gasteiger charge is -2.22. The second-order valence-electron chi connectivity index (χ2n) is 7.17. The van der Waals surface area contributed by atoms with Gasteiger partial charge in [0.15, 0.2) is 5.96 Å². The number of sulfonamides is 1. The number of rotatable bonds is 8. The Bertz CT molecular complexity index is 947. The van der Waals surface area contributed by atoms with Crippen molar-refractivity contribution in [1.29, 1.82) is 0 Å². The first kappa shape index (κ1) is 24.9. The van der Waals surface area contributed by atoms with Crippen LogP contribution in [-0.2, 0) is 22.0 Å². The maximum atomic E-state index is 12.8. The van der Waals surface area contributed by atoms with Gasteiger partial charge < -0.3 is 15.7 Å². The van der Waals surface area contributed by atoms with Crippen molar-refractivity contribution in [2.24, 2.45) is 4.99 Å². The van der Waals surface area contributed by atoms with E-state index in [1.54, 1.807) is 6.92 Å². The summed E-state index contributed by atoms with van der Waals surface area (Å²) in [5, 5.41) is 20.6. The van der Waals surface area contributed by atoms with Crippen LogP contribution in [0.1, 0.15) is 25.0 Å². The Morgan fingerprint density at radius 3 is 2.77 bits per heavy atom. The molecule has 1 atom stereocenters. The molecule has 10 heteroatoms. The highest BCUT2D eigenvalue weighted by atomic mass is 127. The number of guanidine groups is 1. The van der Waals surface area contributed by atoms with E-state index in [-0.39, 0.29) is 42.8 Å². The number of aliphatic hydroxyl groups is 1. The Hall–Kier alpha value is -1.37. The van der Waals surface area contributed by atoms with Crippen molar-refractivity contribution in [3.8, 4) is 0 Å². The third kappa shape index (κ3) is 6.08. The zero-order valence-corrected chi connectivity index (χ0v) is 21.1. The number of para-hydroxylation sites is 1. The summed E-state index contributed by atoms with van der Waals surface area (Å²) >= 11 is 1.52. The average Bonchev–Trinajstić information content (AvgIpc) is 3.36. The quantitative estimate of drug-likeness (QED) is 0.260. The minimum atomic E-state index is -3.42. The average molecular weight is 565 g/mol. The van der Waals surface area contributed by atoms with E-state index in [2.05, 4.69) is 15.6 Å². The van der Waals surface area contributed by atoms with Crippen molar-refractivity contribution in [1.82, 2.24) is 10.6 Å². The van der Waals surface area contributed by atoms with Crippen molar-refractivity contribution < 1.29 is 13.5 Å². The number of aliphatic imine (C=N–C) groups is 1. The molecule has 1 aliphatic heterocycles. The van der Waals surface area contributed by atoms with E-state index in [0.29, 0.717) is 19.0 Å². The smallest absolute Gasteiger partial charge is 0.236 e. The molecule has 1 aromatic carbocycles. The van der Waals surface area contributed by atoms with Gasteiger partial charge in [0.05, 0.1) is 18.0 Å². The number of halogens is 1. The molecule has 0 aliphatic carbocycles. The van der Waals surface area contributed by atoms with Gasteiger partial charge in [-0.3, -0.25) is 4.31 Å². The lowest BCUT2D eigenvalue weighted by molar-refractivity contribution is 0.0677. The number of benzene rings is 1. The van der Waals surface area contributed by atoms with Crippen LogP contribution in [0.4, 0.5) is 5.69 Å². The van der Waals surface area contributed by atoms with Crippen LogP contribution in [-0.4, -0.2) is 51.4 Å². The molecule has 0 radical (unpaired) electrons. The monoisotopic (exact) mass is 564 g/mol. The Morgan fingerprint density at radius 2 is 2.07 bits per heavy atom. The van der Waals surface area contributed by atoms with Gasteiger partial charge in [0.2, 0.25) is 10.0 Å². The summed E-state index contributed by atoms with van der Waals surface area (Å²) in [4.78, 5) is 4.43. The van der Waals surface area contributed by atoms with Crippen LogP contribution in [0.5, 0.6) is 0 Å². The molecule has 7 nitrogen and oxygen atoms in total. The van der Waals surface area contributed by atoms with Crippen LogP contribution in [0.25, 0.3) is 0 Å². The topological polar surface area (TPSA) is 94.0 Å². The fourth-order valence-electron chi connectivity index (χ4n) is 3.24. The van der Waals surface area contributed by atoms with Gasteiger partial charge in [-0.15, -0.1) is 24.0 Å². The molecular weight excluding hydrogens is 535 g/mol. The first-order valence-electron chi connectivity index (χ1n) is 9.69. The normalized spacial score (nSPS) is 15.8. The Labute approximate surface area is 199 Å². The number of hydrogen-bond donors (Lipinski definition) is 3. The second-order valence-corrected chi connectivity index (χ2v) is 9.97. The van der Waals surface area contributed by atoms with Gasteiger partial charge in [-0.25, -0.2) is 13.4 Å². The van der Waals surface area contributed by atoms with Crippen molar-refractivity contribution in [2.75, 3.05) is 36.2 Å². The van der Waals surface area contributed by atoms with Crippen LogP contribution in [0, 0.1) is 0 Å². The van der Waals surface area contributed by atoms with E-state index in [1.165, 1.54) is 15.6 Å². The van der Waals surface area contributed by atoms with E-state index in [4.69, 9.17) is 0 Å². The van der Waals surface area contributed by atoms with Crippen LogP contribution >= 0.6 is 35.3 Å². The van der Waals surface area contributed by atoms with Crippen LogP contribution in [0.2, 0.25) is 0 Å². The summed E-state index contributed by atoms with van der Waals surface area (Å²) < 4.78 is 27.1. The Kier molecular flexibility index (Phi) is 8.95.